The molecule has 1 fully saturated rings. The van der Waals surface area contributed by atoms with Crippen molar-refractivity contribution < 1.29 is 14.3 Å². The Morgan fingerprint density at radius 2 is 2.19 bits per heavy atom. The van der Waals surface area contributed by atoms with Crippen LogP contribution in [0, 0.1) is 0 Å². The third-order valence-electron chi connectivity index (χ3n) is 3.51. The summed E-state index contributed by atoms with van der Waals surface area (Å²) in [5, 5.41) is 4.67. The topological polar surface area (TPSA) is 71.5 Å². The molecule has 6 nitrogen and oxygen atoms in total. The molecule has 1 aromatic rings. The highest BCUT2D eigenvalue weighted by Gasteiger charge is 2.20. The maximum atomic E-state index is 12.0. The van der Waals surface area contributed by atoms with Crippen molar-refractivity contribution in [3.63, 3.8) is 0 Å². The van der Waals surface area contributed by atoms with E-state index in [-0.39, 0.29) is 16.6 Å². The molecule has 21 heavy (non-hydrogen) atoms. The van der Waals surface area contributed by atoms with Crippen LogP contribution in [0.25, 0.3) is 0 Å². The normalized spacial score (nSPS) is 16.7. The zero-order valence-electron chi connectivity index (χ0n) is 12.4. The zero-order valence-corrected chi connectivity index (χ0v) is 13.2. The number of rotatable bonds is 6. The number of ether oxygens (including phenoxy) is 1. The van der Waals surface area contributed by atoms with Gasteiger partial charge in [-0.1, -0.05) is 0 Å². The number of amides is 1. The summed E-state index contributed by atoms with van der Waals surface area (Å²) in [5.41, 5.74) is 0.275. The minimum absolute atomic E-state index is 0.217. The van der Waals surface area contributed by atoms with Crippen molar-refractivity contribution in [1.82, 2.24) is 15.2 Å². The van der Waals surface area contributed by atoms with Crippen LogP contribution in [0.5, 0.6) is 0 Å². The van der Waals surface area contributed by atoms with Crippen LogP contribution in [-0.4, -0.2) is 54.0 Å². The first-order chi connectivity index (χ1) is 10.1. The lowest BCUT2D eigenvalue weighted by atomic mass is 10.3. The van der Waals surface area contributed by atoms with Crippen molar-refractivity contribution in [2.45, 2.75) is 32.7 Å². The van der Waals surface area contributed by atoms with Crippen molar-refractivity contribution in [3.05, 3.63) is 16.1 Å². The molecule has 1 aliphatic rings. The van der Waals surface area contributed by atoms with Gasteiger partial charge in [-0.15, -0.1) is 11.3 Å². The summed E-state index contributed by atoms with van der Waals surface area (Å²) < 4.78 is 4.86. The van der Waals surface area contributed by atoms with Crippen molar-refractivity contribution in [2.75, 3.05) is 26.2 Å². The van der Waals surface area contributed by atoms with Crippen LogP contribution in [0.3, 0.4) is 0 Å². The Hall–Kier alpha value is -1.47. The van der Waals surface area contributed by atoms with Gasteiger partial charge in [0, 0.05) is 18.0 Å². The Morgan fingerprint density at radius 1 is 1.48 bits per heavy atom. The Bertz CT molecular complexity index is 497. The number of likely N-dealkylation sites (tertiary alicyclic amines) is 1. The molecule has 0 saturated carbocycles. The van der Waals surface area contributed by atoms with Crippen LogP contribution in [0.2, 0.25) is 0 Å². The van der Waals surface area contributed by atoms with Gasteiger partial charge in [0.05, 0.1) is 6.61 Å². The molecule has 0 aromatic carbocycles. The van der Waals surface area contributed by atoms with E-state index >= 15 is 0 Å². The van der Waals surface area contributed by atoms with Crippen LogP contribution in [0.1, 0.15) is 47.0 Å². The molecule has 0 spiro atoms. The van der Waals surface area contributed by atoms with Crippen LogP contribution < -0.4 is 5.32 Å². The van der Waals surface area contributed by atoms with E-state index < -0.39 is 5.97 Å². The molecule has 0 radical (unpaired) electrons. The first-order valence-electron chi connectivity index (χ1n) is 7.26. The molecule has 0 aliphatic carbocycles. The third-order valence-corrected chi connectivity index (χ3v) is 4.33. The molecule has 1 N–H and O–H groups in total. The van der Waals surface area contributed by atoms with Crippen LogP contribution in [-0.2, 0) is 4.74 Å². The molecule has 1 amide bonds. The number of nitrogens with one attached hydrogen (secondary N) is 1. The molecule has 1 saturated heterocycles. The lowest BCUT2D eigenvalue weighted by Gasteiger charge is -2.23. The van der Waals surface area contributed by atoms with Gasteiger partial charge in [-0.3, -0.25) is 9.69 Å². The SMILES string of the molecule is CCOC(=O)c1nc(C(=O)NCC(C)N2CCCC2)cs1. The van der Waals surface area contributed by atoms with Crippen molar-refractivity contribution in [3.8, 4) is 0 Å². The molecule has 2 heterocycles. The van der Waals surface area contributed by atoms with E-state index in [9.17, 15) is 9.59 Å². The predicted molar refractivity (Wildman–Crippen MR) is 80.7 cm³/mol. The Kier molecular flexibility index (Phi) is 5.69. The second-order valence-electron chi connectivity index (χ2n) is 5.06. The van der Waals surface area contributed by atoms with E-state index in [2.05, 4.69) is 22.1 Å². The van der Waals surface area contributed by atoms with E-state index in [1.165, 1.54) is 12.8 Å². The van der Waals surface area contributed by atoms with Gasteiger partial charge >= 0.3 is 5.97 Å². The standard InChI is InChI=1S/C14H21N3O3S/c1-3-20-14(19)13-16-11(9-21-13)12(18)15-8-10(2)17-6-4-5-7-17/h9-10H,3-8H2,1-2H3,(H,15,18). The molecule has 116 valence electrons. The summed E-state index contributed by atoms with van der Waals surface area (Å²) in [6, 6.07) is 0.319. The Labute approximate surface area is 128 Å². The number of esters is 1. The van der Waals surface area contributed by atoms with Gasteiger partial charge in [0.1, 0.15) is 5.69 Å². The first-order valence-corrected chi connectivity index (χ1v) is 8.14. The smallest absolute Gasteiger partial charge is 0.367 e. The molecule has 1 aliphatic heterocycles. The van der Waals surface area contributed by atoms with Gasteiger partial charge < -0.3 is 10.1 Å². The largest absolute Gasteiger partial charge is 0.461 e. The summed E-state index contributed by atoms with van der Waals surface area (Å²) in [7, 11) is 0. The summed E-state index contributed by atoms with van der Waals surface area (Å²) in [5.74, 6) is -0.722. The molecule has 1 atom stereocenters. The minimum atomic E-state index is -0.480. The van der Waals surface area contributed by atoms with Crippen molar-refractivity contribution >= 4 is 23.2 Å². The third kappa shape index (κ3) is 4.25. The number of carbonyl (C=O) groups excluding carboxylic acids is 2. The first kappa shape index (κ1) is 15.9. The highest BCUT2D eigenvalue weighted by Crippen LogP contribution is 2.12. The Morgan fingerprint density at radius 3 is 2.86 bits per heavy atom. The van der Waals surface area contributed by atoms with Crippen LogP contribution in [0.4, 0.5) is 0 Å². The summed E-state index contributed by atoms with van der Waals surface area (Å²) in [4.78, 5) is 29.9. The van der Waals surface area contributed by atoms with Gasteiger partial charge in [0.2, 0.25) is 5.01 Å². The fourth-order valence-electron chi connectivity index (χ4n) is 2.31. The Balaban J connectivity index is 1.84. The van der Waals surface area contributed by atoms with Crippen LogP contribution in [0.15, 0.2) is 5.38 Å². The summed E-state index contributed by atoms with van der Waals surface area (Å²) in [6.07, 6.45) is 2.46. The molecule has 7 heteroatoms. The average molecular weight is 311 g/mol. The number of aromatic nitrogens is 1. The molecule has 2 rings (SSSR count). The average Bonchev–Trinajstić information content (AvgIpc) is 3.15. The minimum Gasteiger partial charge on any atom is -0.461 e. The van der Waals surface area contributed by atoms with Gasteiger partial charge in [0.15, 0.2) is 0 Å². The van der Waals surface area contributed by atoms with Gasteiger partial charge in [0.25, 0.3) is 5.91 Å². The molecule has 1 aromatic heterocycles. The van der Waals surface area contributed by atoms with E-state index in [4.69, 9.17) is 4.74 Å². The van der Waals surface area contributed by atoms with E-state index in [0.29, 0.717) is 19.2 Å². The molecule has 1 unspecified atom stereocenters. The number of hydrogen-bond acceptors (Lipinski definition) is 6. The van der Waals surface area contributed by atoms with Gasteiger partial charge in [-0.05, 0) is 39.8 Å². The lowest BCUT2D eigenvalue weighted by Crippen LogP contribution is -2.40. The number of thiazole rings is 1. The quantitative estimate of drug-likeness (QED) is 0.807. The lowest BCUT2D eigenvalue weighted by molar-refractivity contribution is 0.0526. The van der Waals surface area contributed by atoms with Crippen LogP contribution >= 0.6 is 11.3 Å². The predicted octanol–water partition coefficient (Wildman–Crippen LogP) is 1.53. The van der Waals surface area contributed by atoms with E-state index in [1.54, 1.807) is 12.3 Å². The van der Waals surface area contributed by atoms with E-state index in [0.717, 1.165) is 24.4 Å². The highest BCUT2D eigenvalue weighted by molar-refractivity contribution is 7.11. The van der Waals surface area contributed by atoms with Crippen molar-refractivity contribution in [2.24, 2.45) is 0 Å². The summed E-state index contributed by atoms with van der Waals surface area (Å²) in [6.45, 7) is 6.93. The summed E-state index contributed by atoms with van der Waals surface area (Å²) >= 11 is 1.13. The fraction of sp³-hybridized carbons (Fsp3) is 0.643. The second-order valence-corrected chi connectivity index (χ2v) is 5.92. The van der Waals surface area contributed by atoms with Crippen molar-refractivity contribution in [1.29, 1.82) is 0 Å². The van der Waals surface area contributed by atoms with E-state index in [1.807, 2.05) is 0 Å². The maximum Gasteiger partial charge on any atom is 0.367 e. The molecule has 0 bridgehead atoms. The number of nitrogens with zero attached hydrogens (tertiary/aromatic N) is 2. The maximum absolute atomic E-state index is 12.0. The number of hydrogen-bond donors (Lipinski definition) is 1. The molecular formula is C14H21N3O3S. The number of carbonyl (C=O) groups is 2. The van der Waals surface area contributed by atoms with Gasteiger partial charge in [-0.2, -0.15) is 0 Å². The monoisotopic (exact) mass is 311 g/mol. The second kappa shape index (κ2) is 7.51. The molecular weight excluding hydrogens is 290 g/mol. The van der Waals surface area contributed by atoms with Gasteiger partial charge in [-0.25, -0.2) is 9.78 Å². The fourth-order valence-corrected chi connectivity index (χ4v) is 3.00. The highest BCUT2D eigenvalue weighted by atomic mass is 32.1. The zero-order chi connectivity index (χ0) is 15.2.